The van der Waals surface area contributed by atoms with Crippen LogP contribution in [-0.2, 0) is 4.74 Å². The van der Waals surface area contributed by atoms with Crippen LogP contribution in [0, 0.1) is 10.7 Å². The van der Waals surface area contributed by atoms with Crippen molar-refractivity contribution in [1.29, 1.82) is 0 Å². The number of nitrogens with zero attached hydrogens (tertiary/aromatic N) is 2. The van der Waals surface area contributed by atoms with E-state index >= 15 is 0 Å². The normalized spacial score (nSPS) is 12.8. The zero-order valence-corrected chi connectivity index (χ0v) is 13.0. The van der Waals surface area contributed by atoms with Crippen LogP contribution >= 0.6 is 12.2 Å². The third-order valence-corrected chi connectivity index (χ3v) is 3.62. The molecule has 0 saturated heterocycles. The molecule has 0 saturated carbocycles. The van der Waals surface area contributed by atoms with Crippen LogP contribution in [0.1, 0.15) is 26.8 Å². The van der Waals surface area contributed by atoms with E-state index in [1.54, 1.807) is 0 Å². The molecule has 2 aromatic rings. The highest BCUT2D eigenvalue weighted by Crippen LogP contribution is 2.25. The first-order valence-corrected chi connectivity index (χ1v) is 7.36. The van der Waals surface area contributed by atoms with Crippen LogP contribution in [0.15, 0.2) is 30.3 Å². The molecule has 4 nitrogen and oxygen atoms in total. The fourth-order valence-corrected chi connectivity index (χ4v) is 2.47. The predicted molar refractivity (Wildman–Crippen MR) is 83.2 cm³/mol. The largest absolute Gasteiger partial charge is 0.380 e. The zero-order valence-electron chi connectivity index (χ0n) is 12.2. The van der Waals surface area contributed by atoms with Gasteiger partial charge < -0.3 is 4.74 Å². The molecule has 1 N–H and O–H groups in total. The fraction of sp³-hybridized carbons (Fsp3) is 0.467. The minimum atomic E-state index is 0.177. The molecule has 1 aromatic heterocycles. The van der Waals surface area contributed by atoms with Gasteiger partial charge in [0.1, 0.15) is 0 Å². The van der Waals surface area contributed by atoms with Gasteiger partial charge in [0, 0.05) is 12.2 Å². The van der Waals surface area contributed by atoms with Gasteiger partial charge in [-0.2, -0.15) is 5.10 Å². The van der Waals surface area contributed by atoms with Gasteiger partial charge in [-0.25, -0.2) is 0 Å². The monoisotopic (exact) mass is 291 g/mol. The molecule has 0 aliphatic rings. The maximum absolute atomic E-state index is 5.62. The SMILES string of the molecule is CCOCC(C(C)C)n1c(-c2ccccc2)n[nH]c1=S. The summed E-state index contributed by atoms with van der Waals surface area (Å²) in [4.78, 5) is 0. The summed E-state index contributed by atoms with van der Waals surface area (Å²) in [6.07, 6.45) is 0. The van der Waals surface area contributed by atoms with Crippen LogP contribution in [0.5, 0.6) is 0 Å². The van der Waals surface area contributed by atoms with E-state index in [2.05, 4.69) is 28.6 Å². The Balaban J connectivity index is 2.44. The van der Waals surface area contributed by atoms with Crippen molar-refractivity contribution in [2.45, 2.75) is 26.8 Å². The topological polar surface area (TPSA) is 42.8 Å². The highest BCUT2D eigenvalue weighted by atomic mass is 32.1. The number of aromatic amines is 1. The number of H-pyrrole nitrogens is 1. The average molecular weight is 291 g/mol. The Kier molecular flexibility index (Phi) is 5.09. The third-order valence-electron chi connectivity index (χ3n) is 3.33. The summed E-state index contributed by atoms with van der Waals surface area (Å²) in [6, 6.07) is 10.3. The van der Waals surface area contributed by atoms with Gasteiger partial charge in [-0.1, -0.05) is 44.2 Å². The van der Waals surface area contributed by atoms with Crippen LogP contribution in [0.2, 0.25) is 0 Å². The highest BCUT2D eigenvalue weighted by Gasteiger charge is 2.21. The first kappa shape index (κ1) is 14.9. The molecule has 2 rings (SSSR count). The Morgan fingerprint density at radius 3 is 2.60 bits per heavy atom. The molecule has 0 fully saturated rings. The summed E-state index contributed by atoms with van der Waals surface area (Å²) in [5, 5.41) is 7.30. The van der Waals surface area contributed by atoms with E-state index in [1.807, 2.05) is 37.3 Å². The Morgan fingerprint density at radius 2 is 2.00 bits per heavy atom. The first-order valence-electron chi connectivity index (χ1n) is 6.95. The molecular formula is C15H21N3OS. The molecule has 1 atom stereocenters. The van der Waals surface area contributed by atoms with E-state index in [1.165, 1.54) is 0 Å². The van der Waals surface area contributed by atoms with Gasteiger partial charge in [-0.3, -0.25) is 9.67 Å². The molecule has 0 amide bonds. The van der Waals surface area contributed by atoms with Gasteiger partial charge in [-0.15, -0.1) is 0 Å². The van der Waals surface area contributed by atoms with Crippen LogP contribution in [0.3, 0.4) is 0 Å². The quantitative estimate of drug-likeness (QED) is 0.822. The summed E-state index contributed by atoms with van der Waals surface area (Å²) >= 11 is 5.41. The van der Waals surface area contributed by atoms with Crippen molar-refractivity contribution in [1.82, 2.24) is 14.8 Å². The first-order chi connectivity index (χ1) is 9.65. The van der Waals surface area contributed by atoms with E-state index in [4.69, 9.17) is 17.0 Å². The Morgan fingerprint density at radius 1 is 1.30 bits per heavy atom. The average Bonchev–Trinajstić information content (AvgIpc) is 2.82. The zero-order chi connectivity index (χ0) is 14.5. The Labute approximate surface area is 124 Å². The van der Waals surface area contributed by atoms with Crippen molar-refractivity contribution in [2.75, 3.05) is 13.2 Å². The summed E-state index contributed by atoms with van der Waals surface area (Å²) < 4.78 is 8.33. The fourth-order valence-electron chi connectivity index (χ4n) is 2.21. The smallest absolute Gasteiger partial charge is 0.195 e. The lowest BCUT2D eigenvalue weighted by Crippen LogP contribution is -2.22. The number of ether oxygens (including phenoxy) is 1. The molecule has 0 bridgehead atoms. The molecule has 0 aliphatic heterocycles. The van der Waals surface area contributed by atoms with Crippen LogP contribution in [0.4, 0.5) is 0 Å². The van der Waals surface area contributed by atoms with Crippen LogP contribution < -0.4 is 0 Å². The number of hydrogen-bond acceptors (Lipinski definition) is 3. The van der Waals surface area contributed by atoms with E-state index in [0.29, 0.717) is 23.9 Å². The van der Waals surface area contributed by atoms with Gasteiger partial charge in [0.25, 0.3) is 0 Å². The van der Waals surface area contributed by atoms with Gasteiger partial charge >= 0.3 is 0 Å². The van der Waals surface area contributed by atoms with Crippen molar-refractivity contribution in [3.8, 4) is 11.4 Å². The maximum Gasteiger partial charge on any atom is 0.195 e. The second-order valence-electron chi connectivity index (χ2n) is 5.06. The predicted octanol–water partition coefficient (Wildman–Crippen LogP) is 3.84. The Hall–Kier alpha value is -1.46. The molecule has 1 heterocycles. The van der Waals surface area contributed by atoms with Crippen molar-refractivity contribution < 1.29 is 4.74 Å². The molecule has 0 spiro atoms. The van der Waals surface area contributed by atoms with E-state index < -0.39 is 0 Å². The van der Waals surface area contributed by atoms with E-state index in [-0.39, 0.29) is 6.04 Å². The van der Waals surface area contributed by atoms with Crippen molar-refractivity contribution in [3.63, 3.8) is 0 Å². The minimum absolute atomic E-state index is 0.177. The number of hydrogen-bond donors (Lipinski definition) is 1. The molecular weight excluding hydrogens is 270 g/mol. The lowest BCUT2D eigenvalue weighted by atomic mass is 10.0. The lowest BCUT2D eigenvalue weighted by Gasteiger charge is -2.23. The van der Waals surface area contributed by atoms with Crippen molar-refractivity contribution in [2.24, 2.45) is 5.92 Å². The minimum Gasteiger partial charge on any atom is -0.380 e. The molecule has 1 aromatic carbocycles. The lowest BCUT2D eigenvalue weighted by molar-refractivity contribution is 0.0964. The van der Waals surface area contributed by atoms with Gasteiger partial charge in [0.15, 0.2) is 10.6 Å². The maximum atomic E-state index is 5.62. The highest BCUT2D eigenvalue weighted by molar-refractivity contribution is 7.71. The van der Waals surface area contributed by atoms with Crippen molar-refractivity contribution in [3.05, 3.63) is 35.1 Å². The van der Waals surface area contributed by atoms with Crippen LogP contribution in [-0.4, -0.2) is 28.0 Å². The Bertz CT molecular complexity index is 589. The second-order valence-corrected chi connectivity index (χ2v) is 5.45. The second kappa shape index (κ2) is 6.81. The molecule has 108 valence electrons. The van der Waals surface area contributed by atoms with E-state index in [9.17, 15) is 0 Å². The summed E-state index contributed by atoms with van der Waals surface area (Å²) in [7, 11) is 0. The molecule has 5 heteroatoms. The molecule has 1 unspecified atom stereocenters. The van der Waals surface area contributed by atoms with Gasteiger partial charge in [-0.05, 0) is 25.1 Å². The summed E-state index contributed by atoms with van der Waals surface area (Å²) in [5.74, 6) is 1.28. The molecule has 0 radical (unpaired) electrons. The number of aromatic nitrogens is 3. The van der Waals surface area contributed by atoms with Crippen LogP contribution in [0.25, 0.3) is 11.4 Å². The van der Waals surface area contributed by atoms with Gasteiger partial charge in [0.05, 0.1) is 12.6 Å². The van der Waals surface area contributed by atoms with Gasteiger partial charge in [0.2, 0.25) is 0 Å². The summed E-state index contributed by atoms with van der Waals surface area (Å²) in [5.41, 5.74) is 1.06. The van der Waals surface area contributed by atoms with Crippen molar-refractivity contribution >= 4 is 12.2 Å². The number of benzene rings is 1. The number of rotatable bonds is 6. The van der Waals surface area contributed by atoms with E-state index in [0.717, 1.165) is 11.4 Å². The third kappa shape index (κ3) is 3.16. The molecule has 20 heavy (non-hydrogen) atoms. The summed E-state index contributed by atoms with van der Waals surface area (Å²) in [6.45, 7) is 7.70. The standard InChI is InChI=1S/C15H21N3OS/c1-4-19-10-13(11(2)3)18-14(16-17-15(18)20)12-8-6-5-7-9-12/h5-9,11,13H,4,10H2,1-3H3,(H,17,20). The molecule has 0 aliphatic carbocycles. The number of nitrogens with one attached hydrogen (secondary N) is 1.